The number of carboxylic acids is 1. The molecule has 0 aliphatic heterocycles. The van der Waals surface area contributed by atoms with Crippen molar-refractivity contribution >= 4 is 39.5 Å². The maximum Gasteiger partial charge on any atom is 0.337 e. The lowest BCUT2D eigenvalue weighted by Gasteiger charge is -2.20. The highest BCUT2D eigenvalue weighted by Gasteiger charge is 2.23. The van der Waals surface area contributed by atoms with Crippen molar-refractivity contribution in [2.24, 2.45) is 11.7 Å². The third-order valence-electron chi connectivity index (χ3n) is 2.74. The first kappa shape index (κ1) is 17.0. The number of carbonyl (C=O) groups is 3. The molecule has 0 aliphatic carbocycles. The minimum Gasteiger partial charge on any atom is -0.478 e. The second-order valence-corrected chi connectivity index (χ2v) is 5.54. The number of amides is 3. The molecule has 0 bridgehead atoms. The number of rotatable bonds is 5. The second kappa shape index (κ2) is 7.07. The number of halogens is 1. The fourth-order valence-corrected chi connectivity index (χ4v) is 2.15. The number of hydrogen-bond donors (Lipinski definition) is 4. The van der Waals surface area contributed by atoms with Crippen LogP contribution in [-0.2, 0) is 4.79 Å². The van der Waals surface area contributed by atoms with E-state index in [1.165, 1.54) is 12.1 Å². The number of primary amides is 1. The molecule has 0 saturated carbocycles. The Hall–Kier alpha value is -2.09. The molecule has 8 heteroatoms. The summed E-state index contributed by atoms with van der Waals surface area (Å²) >= 11 is 3.17. The summed E-state index contributed by atoms with van der Waals surface area (Å²) < 4.78 is 0.415. The molecule has 7 nitrogen and oxygen atoms in total. The van der Waals surface area contributed by atoms with Crippen molar-refractivity contribution in [3.05, 3.63) is 28.2 Å². The van der Waals surface area contributed by atoms with E-state index in [0.29, 0.717) is 4.47 Å². The van der Waals surface area contributed by atoms with E-state index in [1.807, 2.05) is 0 Å². The maximum atomic E-state index is 11.9. The highest BCUT2D eigenvalue weighted by Crippen LogP contribution is 2.26. The van der Waals surface area contributed by atoms with Crippen molar-refractivity contribution in [3.8, 4) is 0 Å². The van der Waals surface area contributed by atoms with Gasteiger partial charge in [0.15, 0.2) is 0 Å². The van der Waals surface area contributed by atoms with Crippen LogP contribution in [0.4, 0.5) is 10.5 Å². The number of anilines is 1. The quantitative estimate of drug-likeness (QED) is 0.641. The summed E-state index contributed by atoms with van der Waals surface area (Å²) in [5.41, 5.74) is 5.24. The number of carbonyl (C=O) groups excluding carboxylic acids is 2. The van der Waals surface area contributed by atoms with Crippen molar-refractivity contribution in [1.29, 1.82) is 0 Å². The highest BCUT2D eigenvalue weighted by molar-refractivity contribution is 9.10. The van der Waals surface area contributed by atoms with Gasteiger partial charge in [-0.1, -0.05) is 19.9 Å². The molecule has 3 amide bonds. The standard InChI is InChI=1S/C13H16BrN3O4/c1-6(2)9(11(15)18)16-13(21)17-10-7(12(19)20)4-3-5-8(10)14/h3-6,9H,1-2H3,(H2,15,18)(H,19,20)(H2,16,17,21). The average molecular weight is 358 g/mol. The molecule has 1 unspecified atom stereocenters. The third kappa shape index (κ3) is 4.45. The fourth-order valence-electron chi connectivity index (χ4n) is 1.69. The van der Waals surface area contributed by atoms with Gasteiger partial charge in [0.1, 0.15) is 6.04 Å². The van der Waals surface area contributed by atoms with E-state index in [4.69, 9.17) is 10.8 Å². The third-order valence-corrected chi connectivity index (χ3v) is 3.40. The monoisotopic (exact) mass is 357 g/mol. The molecule has 1 atom stereocenters. The van der Waals surface area contributed by atoms with E-state index in [2.05, 4.69) is 26.6 Å². The summed E-state index contributed by atoms with van der Waals surface area (Å²) in [6, 6.07) is 2.94. The zero-order valence-electron chi connectivity index (χ0n) is 11.5. The number of aromatic carboxylic acids is 1. The molecular weight excluding hydrogens is 342 g/mol. The maximum absolute atomic E-state index is 11.9. The van der Waals surface area contributed by atoms with Crippen LogP contribution in [0.15, 0.2) is 22.7 Å². The van der Waals surface area contributed by atoms with Gasteiger partial charge in [-0.05, 0) is 34.0 Å². The molecule has 1 aromatic rings. The van der Waals surface area contributed by atoms with Gasteiger partial charge < -0.3 is 21.5 Å². The molecule has 1 rings (SSSR count). The van der Waals surface area contributed by atoms with Gasteiger partial charge >= 0.3 is 12.0 Å². The lowest BCUT2D eigenvalue weighted by Crippen LogP contribution is -2.49. The molecule has 0 aliphatic rings. The van der Waals surface area contributed by atoms with Gasteiger partial charge in [0, 0.05) is 4.47 Å². The largest absolute Gasteiger partial charge is 0.478 e. The van der Waals surface area contributed by atoms with Crippen molar-refractivity contribution in [1.82, 2.24) is 5.32 Å². The van der Waals surface area contributed by atoms with Crippen LogP contribution in [0, 0.1) is 5.92 Å². The lowest BCUT2D eigenvalue weighted by atomic mass is 10.0. The number of carboxylic acid groups (broad SMARTS) is 1. The van der Waals surface area contributed by atoms with Crippen LogP contribution in [-0.4, -0.2) is 29.1 Å². The van der Waals surface area contributed by atoms with Gasteiger partial charge in [-0.2, -0.15) is 0 Å². The summed E-state index contributed by atoms with van der Waals surface area (Å²) in [6.45, 7) is 3.47. The number of nitrogens with one attached hydrogen (secondary N) is 2. The Morgan fingerprint density at radius 1 is 1.29 bits per heavy atom. The van der Waals surface area contributed by atoms with Gasteiger partial charge in [0.05, 0.1) is 11.3 Å². The van der Waals surface area contributed by atoms with Crippen molar-refractivity contribution in [3.63, 3.8) is 0 Å². The minimum atomic E-state index is -1.18. The Morgan fingerprint density at radius 2 is 1.90 bits per heavy atom. The van der Waals surface area contributed by atoms with Crippen LogP contribution >= 0.6 is 15.9 Å². The Labute approximate surface area is 130 Å². The van der Waals surface area contributed by atoms with Gasteiger partial charge in [0.2, 0.25) is 5.91 Å². The predicted octanol–water partition coefficient (Wildman–Crippen LogP) is 1.78. The first-order valence-electron chi connectivity index (χ1n) is 6.12. The van der Waals surface area contributed by atoms with Gasteiger partial charge in [-0.25, -0.2) is 9.59 Å². The Morgan fingerprint density at radius 3 is 2.38 bits per heavy atom. The van der Waals surface area contributed by atoms with E-state index >= 15 is 0 Å². The first-order valence-corrected chi connectivity index (χ1v) is 6.92. The molecule has 114 valence electrons. The molecule has 0 aromatic heterocycles. The number of benzene rings is 1. The Bertz CT molecular complexity index is 575. The van der Waals surface area contributed by atoms with Gasteiger partial charge in [0.25, 0.3) is 0 Å². The van der Waals surface area contributed by atoms with E-state index in [1.54, 1.807) is 19.9 Å². The second-order valence-electron chi connectivity index (χ2n) is 4.69. The smallest absolute Gasteiger partial charge is 0.337 e. The molecule has 0 radical (unpaired) electrons. The molecule has 0 spiro atoms. The molecule has 5 N–H and O–H groups in total. The van der Waals surface area contributed by atoms with Crippen molar-refractivity contribution in [2.45, 2.75) is 19.9 Å². The molecule has 1 aromatic carbocycles. The number of urea groups is 1. The Balaban J connectivity index is 2.94. The summed E-state index contributed by atoms with van der Waals surface area (Å²) in [4.78, 5) is 34.3. The topological polar surface area (TPSA) is 122 Å². The molecule has 0 fully saturated rings. The normalized spacial score (nSPS) is 11.8. The Kier molecular flexibility index (Phi) is 5.71. The zero-order chi connectivity index (χ0) is 16.2. The van der Waals surface area contributed by atoms with E-state index in [0.717, 1.165) is 0 Å². The number of nitrogens with two attached hydrogens (primary N) is 1. The van der Waals surface area contributed by atoms with E-state index in [-0.39, 0.29) is 17.2 Å². The number of para-hydroxylation sites is 1. The minimum absolute atomic E-state index is 0.0697. The van der Waals surface area contributed by atoms with Crippen LogP contribution in [0.5, 0.6) is 0 Å². The summed E-state index contributed by atoms with van der Waals surface area (Å²) in [6.07, 6.45) is 0. The number of hydrogen-bond acceptors (Lipinski definition) is 3. The first-order chi connectivity index (χ1) is 9.73. The van der Waals surface area contributed by atoms with E-state index < -0.39 is 23.9 Å². The van der Waals surface area contributed by atoms with Crippen LogP contribution < -0.4 is 16.4 Å². The van der Waals surface area contributed by atoms with Gasteiger partial charge in [-0.3, -0.25) is 4.79 Å². The fraction of sp³-hybridized carbons (Fsp3) is 0.308. The molecule has 0 heterocycles. The molecule has 21 heavy (non-hydrogen) atoms. The lowest BCUT2D eigenvalue weighted by molar-refractivity contribution is -0.120. The van der Waals surface area contributed by atoms with Crippen molar-refractivity contribution < 1.29 is 19.5 Å². The zero-order valence-corrected chi connectivity index (χ0v) is 13.1. The highest BCUT2D eigenvalue weighted by atomic mass is 79.9. The SMILES string of the molecule is CC(C)C(NC(=O)Nc1c(Br)cccc1C(=O)O)C(N)=O. The predicted molar refractivity (Wildman–Crippen MR) is 81.1 cm³/mol. The molecule has 0 saturated heterocycles. The van der Waals surface area contributed by atoms with Crippen LogP contribution in [0.1, 0.15) is 24.2 Å². The summed E-state index contributed by atoms with van der Waals surface area (Å²) in [5, 5.41) is 13.9. The van der Waals surface area contributed by atoms with Crippen LogP contribution in [0.25, 0.3) is 0 Å². The summed E-state index contributed by atoms with van der Waals surface area (Å²) in [7, 11) is 0. The van der Waals surface area contributed by atoms with E-state index in [9.17, 15) is 14.4 Å². The van der Waals surface area contributed by atoms with Crippen molar-refractivity contribution in [2.75, 3.05) is 5.32 Å². The van der Waals surface area contributed by atoms with Crippen LogP contribution in [0.3, 0.4) is 0 Å². The summed E-state index contributed by atoms with van der Waals surface area (Å²) in [5.74, 6) is -2.03. The van der Waals surface area contributed by atoms with Crippen LogP contribution in [0.2, 0.25) is 0 Å². The van der Waals surface area contributed by atoms with Gasteiger partial charge in [-0.15, -0.1) is 0 Å². The molecular formula is C13H16BrN3O4. The average Bonchev–Trinajstić information content (AvgIpc) is 2.37.